The molecular formula is C14H29NO. The van der Waals surface area contributed by atoms with Crippen LogP contribution in [-0.2, 0) is 4.74 Å². The van der Waals surface area contributed by atoms with Gasteiger partial charge in [-0.25, -0.2) is 0 Å². The lowest BCUT2D eigenvalue weighted by atomic mass is 9.73. The van der Waals surface area contributed by atoms with Crippen LogP contribution in [0.1, 0.15) is 52.4 Å². The van der Waals surface area contributed by atoms with E-state index in [-0.39, 0.29) is 0 Å². The summed E-state index contributed by atoms with van der Waals surface area (Å²) in [6.07, 6.45) is 8.45. The van der Waals surface area contributed by atoms with Crippen molar-refractivity contribution < 1.29 is 4.74 Å². The maximum Gasteiger partial charge on any atom is 0.0587 e. The van der Waals surface area contributed by atoms with Crippen molar-refractivity contribution in [1.29, 1.82) is 0 Å². The van der Waals surface area contributed by atoms with Gasteiger partial charge in [-0.15, -0.1) is 0 Å². The molecule has 0 radical (unpaired) electrons. The van der Waals surface area contributed by atoms with Crippen LogP contribution in [0.25, 0.3) is 0 Å². The molecule has 0 bridgehead atoms. The molecule has 0 aromatic rings. The lowest BCUT2D eigenvalue weighted by Crippen LogP contribution is -2.38. The Hall–Kier alpha value is -0.0800. The van der Waals surface area contributed by atoms with Gasteiger partial charge in [0.1, 0.15) is 0 Å². The van der Waals surface area contributed by atoms with Crippen molar-refractivity contribution in [3.05, 3.63) is 0 Å². The lowest BCUT2D eigenvalue weighted by molar-refractivity contribution is 0.151. The van der Waals surface area contributed by atoms with Gasteiger partial charge in [0.25, 0.3) is 0 Å². The van der Waals surface area contributed by atoms with E-state index in [9.17, 15) is 0 Å². The third-order valence-corrected chi connectivity index (χ3v) is 4.17. The fourth-order valence-electron chi connectivity index (χ4n) is 3.18. The Kier molecular flexibility index (Phi) is 6.37. The normalized spacial score (nSPS) is 21.2. The third-order valence-electron chi connectivity index (χ3n) is 4.17. The van der Waals surface area contributed by atoms with E-state index in [2.05, 4.69) is 19.2 Å². The molecule has 0 saturated heterocycles. The molecule has 1 N–H and O–H groups in total. The van der Waals surface area contributed by atoms with Crippen LogP contribution in [0, 0.1) is 11.3 Å². The smallest absolute Gasteiger partial charge is 0.0587 e. The molecule has 96 valence electrons. The molecule has 1 aliphatic rings. The van der Waals surface area contributed by atoms with Crippen molar-refractivity contribution >= 4 is 0 Å². The topological polar surface area (TPSA) is 21.3 Å². The zero-order valence-corrected chi connectivity index (χ0v) is 11.3. The summed E-state index contributed by atoms with van der Waals surface area (Å²) < 4.78 is 5.08. The van der Waals surface area contributed by atoms with Crippen LogP contribution >= 0.6 is 0 Å². The molecule has 2 heteroatoms. The van der Waals surface area contributed by atoms with Crippen molar-refractivity contribution in [2.24, 2.45) is 11.3 Å². The highest BCUT2D eigenvalue weighted by Crippen LogP contribution is 2.42. The van der Waals surface area contributed by atoms with Gasteiger partial charge in [0.15, 0.2) is 0 Å². The SMILES string of the molecule is CCCC(C)(CNCCOC)C1CCCC1. The molecule has 0 aromatic heterocycles. The Morgan fingerprint density at radius 2 is 2.00 bits per heavy atom. The summed E-state index contributed by atoms with van der Waals surface area (Å²) in [5.41, 5.74) is 0.513. The van der Waals surface area contributed by atoms with Crippen molar-refractivity contribution in [2.45, 2.75) is 52.4 Å². The molecule has 1 aliphatic carbocycles. The zero-order valence-electron chi connectivity index (χ0n) is 11.3. The van der Waals surface area contributed by atoms with Gasteiger partial charge >= 0.3 is 0 Å². The number of ether oxygens (including phenoxy) is 1. The fourth-order valence-corrected chi connectivity index (χ4v) is 3.18. The first-order valence-corrected chi connectivity index (χ1v) is 6.92. The average molecular weight is 227 g/mol. The van der Waals surface area contributed by atoms with E-state index in [0.29, 0.717) is 5.41 Å². The molecule has 0 aliphatic heterocycles. The van der Waals surface area contributed by atoms with Gasteiger partial charge in [-0.05, 0) is 30.6 Å². The first-order valence-electron chi connectivity index (χ1n) is 6.92. The highest BCUT2D eigenvalue weighted by Gasteiger charge is 2.34. The summed E-state index contributed by atoms with van der Waals surface area (Å²) in [7, 11) is 1.77. The van der Waals surface area contributed by atoms with Crippen LogP contribution in [0.3, 0.4) is 0 Å². The largest absolute Gasteiger partial charge is 0.383 e. The molecule has 1 fully saturated rings. The molecule has 1 unspecified atom stereocenters. The minimum absolute atomic E-state index is 0.513. The van der Waals surface area contributed by atoms with Crippen molar-refractivity contribution in [1.82, 2.24) is 5.32 Å². The molecule has 0 heterocycles. The van der Waals surface area contributed by atoms with Crippen LogP contribution < -0.4 is 5.32 Å². The maximum atomic E-state index is 5.08. The number of rotatable bonds is 8. The van der Waals surface area contributed by atoms with Gasteiger partial charge in [-0.2, -0.15) is 0 Å². The van der Waals surface area contributed by atoms with Crippen LogP contribution in [0.2, 0.25) is 0 Å². The van der Waals surface area contributed by atoms with Crippen molar-refractivity contribution in [3.8, 4) is 0 Å². The molecule has 1 saturated carbocycles. The second-order valence-corrected chi connectivity index (χ2v) is 5.55. The summed E-state index contributed by atoms with van der Waals surface area (Å²) in [6.45, 7) is 7.76. The Bertz CT molecular complexity index is 178. The highest BCUT2D eigenvalue weighted by molar-refractivity contribution is 4.87. The van der Waals surface area contributed by atoms with E-state index in [0.717, 1.165) is 25.6 Å². The van der Waals surface area contributed by atoms with Gasteiger partial charge in [0.05, 0.1) is 6.61 Å². The number of methoxy groups -OCH3 is 1. The van der Waals surface area contributed by atoms with Gasteiger partial charge < -0.3 is 10.1 Å². The van der Waals surface area contributed by atoms with Crippen LogP contribution in [0.4, 0.5) is 0 Å². The molecular weight excluding hydrogens is 198 g/mol. The fraction of sp³-hybridized carbons (Fsp3) is 1.00. The van der Waals surface area contributed by atoms with Crippen LogP contribution in [0.15, 0.2) is 0 Å². The molecule has 0 amide bonds. The van der Waals surface area contributed by atoms with E-state index in [4.69, 9.17) is 4.74 Å². The summed E-state index contributed by atoms with van der Waals surface area (Å²) in [5, 5.41) is 3.56. The summed E-state index contributed by atoms with van der Waals surface area (Å²) in [5.74, 6) is 0.947. The molecule has 16 heavy (non-hydrogen) atoms. The third kappa shape index (κ3) is 4.06. The summed E-state index contributed by atoms with van der Waals surface area (Å²) in [4.78, 5) is 0. The molecule has 1 rings (SSSR count). The molecule has 0 aromatic carbocycles. The van der Waals surface area contributed by atoms with Gasteiger partial charge in [-0.3, -0.25) is 0 Å². The second-order valence-electron chi connectivity index (χ2n) is 5.55. The number of hydrogen-bond acceptors (Lipinski definition) is 2. The second kappa shape index (κ2) is 7.29. The zero-order chi connectivity index (χ0) is 11.9. The summed E-state index contributed by atoms with van der Waals surface area (Å²) >= 11 is 0. The number of nitrogens with one attached hydrogen (secondary N) is 1. The first-order chi connectivity index (χ1) is 7.73. The van der Waals surface area contributed by atoms with E-state index in [1.54, 1.807) is 7.11 Å². The monoisotopic (exact) mass is 227 g/mol. The standard InChI is InChI=1S/C14H29NO/c1-4-9-14(2,12-15-10-11-16-3)13-7-5-6-8-13/h13,15H,4-12H2,1-3H3. The predicted octanol–water partition coefficient (Wildman–Crippen LogP) is 3.22. The molecule has 1 atom stereocenters. The highest BCUT2D eigenvalue weighted by atomic mass is 16.5. The minimum atomic E-state index is 0.513. The van der Waals surface area contributed by atoms with Gasteiger partial charge in [0, 0.05) is 20.2 Å². The van der Waals surface area contributed by atoms with E-state index < -0.39 is 0 Å². The first kappa shape index (κ1) is 14.0. The summed E-state index contributed by atoms with van der Waals surface area (Å²) in [6, 6.07) is 0. The molecule has 0 spiro atoms. The lowest BCUT2D eigenvalue weighted by Gasteiger charge is -2.36. The predicted molar refractivity (Wildman–Crippen MR) is 69.7 cm³/mol. The Morgan fingerprint density at radius 1 is 1.31 bits per heavy atom. The quantitative estimate of drug-likeness (QED) is 0.643. The van der Waals surface area contributed by atoms with Gasteiger partial charge in [-0.1, -0.05) is 33.1 Å². The number of hydrogen-bond donors (Lipinski definition) is 1. The van der Waals surface area contributed by atoms with Gasteiger partial charge in [0.2, 0.25) is 0 Å². The average Bonchev–Trinajstić information content (AvgIpc) is 2.79. The Morgan fingerprint density at radius 3 is 2.56 bits per heavy atom. The molecule has 2 nitrogen and oxygen atoms in total. The van der Waals surface area contributed by atoms with Crippen molar-refractivity contribution in [3.63, 3.8) is 0 Å². The Balaban J connectivity index is 2.37. The van der Waals surface area contributed by atoms with E-state index in [1.165, 1.54) is 38.5 Å². The minimum Gasteiger partial charge on any atom is -0.383 e. The van der Waals surface area contributed by atoms with Crippen LogP contribution in [0.5, 0.6) is 0 Å². The van der Waals surface area contributed by atoms with E-state index >= 15 is 0 Å². The van der Waals surface area contributed by atoms with Crippen molar-refractivity contribution in [2.75, 3.05) is 26.8 Å². The van der Waals surface area contributed by atoms with Crippen LogP contribution in [-0.4, -0.2) is 26.8 Å². The van der Waals surface area contributed by atoms with E-state index in [1.807, 2.05) is 0 Å². The Labute approximate surface area is 101 Å². The maximum absolute atomic E-state index is 5.08.